The molecule has 0 radical (unpaired) electrons. The van der Waals surface area contributed by atoms with Crippen LogP contribution in [0.5, 0.6) is 0 Å². The highest BCUT2D eigenvalue weighted by Crippen LogP contribution is 2.13. The zero-order valence-corrected chi connectivity index (χ0v) is 11.0. The number of aromatic nitrogens is 3. The minimum Gasteiger partial charge on any atom is -0.399 e. The van der Waals surface area contributed by atoms with Gasteiger partial charge in [0.05, 0.1) is 13.1 Å². The lowest BCUT2D eigenvalue weighted by Crippen LogP contribution is -2.39. The minimum absolute atomic E-state index is 0.0523. The topological polar surface area (TPSA) is 89.1 Å². The van der Waals surface area contributed by atoms with Gasteiger partial charge < -0.3 is 15.6 Å². The third kappa shape index (κ3) is 2.77. The molecule has 2 heterocycles. The number of anilines is 2. The van der Waals surface area contributed by atoms with Crippen LogP contribution in [-0.2, 0) is 17.9 Å². The number of hydrogen-bond donors (Lipinski definition) is 2. The smallest absolute Gasteiger partial charge is 0.238 e. The number of nitrogens with zero attached hydrogens (tertiary/aromatic N) is 4. The third-order valence-corrected chi connectivity index (χ3v) is 3.26. The zero-order chi connectivity index (χ0) is 13.9. The largest absolute Gasteiger partial charge is 0.399 e. The molecule has 0 saturated carbocycles. The van der Waals surface area contributed by atoms with Gasteiger partial charge in [-0.05, 0) is 18.2 Å². The van der Waals surface area contributed by atoms with E-state index in [9.17, 15) is 4.79 Å². The standard InChI is InChI=1S/C13H16N6O/c14-10-2-1-3-11(6-10)16-13(20)8-18-4-5-19-9-15-17-12(19)7-18/h1-3,6,9H,4-5,7-8,14H2,(H,16,20). The lowest BCUT2D eigenvalue weighted by atomic mass is 10.3. The Morgan fingerprint density at radius 1 is 1.40 bits per heavy atom. The van der Waals surface area contributed by atoms with Gasteiger partial charge in [0.15, 0.2) is 0 Å². The number of rotatable bonds is 3. The molecule has 0 fully saturated rings. The van der Waals surface area contributed by atoms with Crippen LogP contribution in [0.4, 0.5) is 11.4 Å². The average molecular weight is 272 g/mol. The highest BCUT2D eigenvalue weighted by atomic mass is 16.2. The molecule has 1 aliphatic rings. The summed E-state index contributed by atoms with van der Waals surface area (Å²) in [5.41, 5.74) is 7.03. The van der Waals surface area contributed by atoms with Crippen LogP contribution in [-0.4, -0.2) is 38.7 Å². The van der Waals surface area contributed by atoms with E-state index in [0.29, 0.717) is 18.8 Å². The summed E-state index contributed by atoms with van der Waals surface area (Å²) in [6.45, 7) is 2.61. The molecule has 0 unspecified atom stereocenters. The summed E-state index contributed by atoms with van der Waals surface area (Å²) in [6.07, 6.45) is 1.72. The molecule has 1 amide bonds. The van der Waals surface area contributed by atoms with Crippen LogP contribution in [0, 0.1) is 0 Å². The second kappa shape index (κ2) is 5.30. The van der Waals surface area contributed by atoms with Crippen molar-refractivity contribution in [2.45, 2.75) is 13.1 Å². The van der Waals surface area contributed by atoms with Gasteiger partial charge in [-0.2, -0.15) is 0 Å². The fourth-order valence-electron chi connectivity index (χ4n) is 2.27. The Kier molecular flexibility index (Phi) is 3.34. The molecule has 20 heavy (non-hydrogen) atoms. The van der Waals surface area contributed by atoms with Crippen LogP contribution in [0.3, 0.4) is 0 Å². The van der Waals surface area contributed by atoms with E-state index in [4.69, 9.17) is 5.73 Å². The Balaban J connectivity index is 1.57. The molecule has 1 aromatic heterocycles. The maximum Gasteiger partial charge on any atom is 0.238 e. The van der Waals surface area contributed by atoms with E-state index in [0.717, 1.165) is 24.6 Å². The van der Waals surface area contributed by atoms with Gasteiger partial charge >= 0.3 is 0 Å². The van der Waals surface area contributed by atoms with Crippen molar-refractivity contribution >= 4 is 17.3 Å². The number of nitrogen functional groups attached to an aromatic ring is 1. The molecular weight excluding hydrogens is 256 g/mol. The second-order valence-corrected chi connectivity index (χ2v) is 4.82. The Morgan fingerprint density at radius 2 is 2.30 bits per heavy atom. The summed E-state index contributed by atoms with van der Waals surface area (Å²) in [5, 5.41) is 10.7. The van der Waals surface area contributed by atoms with Gasteiger partial charge in [0.25, 0.3) is 0 Å². The van der Waals surface area contributed by atoms with Crippen LogP contribution in [0.25, 0.3) is 0 Å². The van der Waals surface area contributed by atoms with Crippen molar-refractivity contribution in [2.75, 3.05) is 24.1 Å². The van der Waals surface area contributed by atoms with Crippen LogP contribution in [0.2, 0.25) is 0 Å². The number of carbonyl (C=O) groups is 1. The first kappa shape index (κ1) is 12.6. The summed E-state index contributed by atoms with van der Waals surface area (Å²) in [4.78, 5) is 14.1. The fraction of sp³-hybridized carbons (Fsp3) is 0.308. The van der Waals surface area contributed by atoms with Crippen LogP contribution in [0.1, 0.15) is 5.82 Å². The van der Waals surface area contributed by atoms with E-state index in [1.54, 1.807) is 18.5 Å². The van der Waals surface area contributed by atoms with Crippen molar-refractivity contribution in [3.63, 3.8) is 0 Å². The molecule has 1 aliphatic heterocycles. The Hall–Kier alpha value is -2.41. The van der Waals surface area contributed by atoms with Crippen LogP contribution in [0.15, 0.2) is 30.6 Å². The molecule has 7 nitrogen and oxygen atoms in total. The molecule has 0 saturated heterocycles. The molecule has 3 rings (SSSR count). The van der Waals surface area contributed by atoms with Crippen molar-refractivity contribution in [1.29, 1.82) is 0 Å². The third-order valence-electron chi connectivity index (χ3n) is 3.26. The van der Waals surface area contributed by atoms with E-state index in [1.807, 2.05) is 21.6 Å². The van der Waals surface area contributed by atoms with E-state index < -0.39 is 0 Å². The van der Waals surface area contributed by atoms with Crippen molar-refractivity contribution in [3.8, 4) is 0 Å². The molecule has 104 valence electrons. The molecule has 0 spiro atoms. The first-order valence-electron chi connectivity index (χ1n) is 6.45. The van der Waals surface area contributed by atoms with Crippen molar-refractivity contribution < 1.29 is 4.79 Å². The predicted octanol–water partition coefficient (Wildman–Crippen LogP) is 0.315. The van der Waals surface area contributed by atoms with E-state index >= 15 is 0 Å². The summed E-state index contributed by atoms with van der Waals surface area (Å²) >= 11 is 0. The summed E-state index contributed by atoms with van der Waals surface area (Å²) < 4.78 is 2.01. The first-order chi connectivity index (χ1) is 9.70. The van der Waals surface area contributed by atoms with Crippen LogP contribution < -0.4 is 11.1 Å². The number of nitrogens with one attached hydrogen (secondary N) is 1. The molecule has 0 bridgehead atoms. The molecule has 1 aromatic carbocycles. The normalized spacial score (nSPS) is 14.8. The minimum atomic E-state index is -0.0523. The average Bonchev–Trinajstić information content (AvgIpc) is 2.86. The van der Waals surface area contributed by atoms with Gasteiger partial charge in [-0.3, -0.25) is 9.69 Å². The highest BCUT2D eigenvalue weighted by molar-refractivity contribution is 5.92. The van der Waals surface area contributed by atoms with E-state index in [2.05, 4.69) is 15.5 Å². The van der Waals surface area contributed by atoms with Crippen LogP contribution >= 0.6 is 0 Å². The maximum atomic E-state index is 12.0. The molecule has 3 N–H and O–H groups in total. The Labute approximate surface area is 116 Å². The van der Waals surface area contributed by atoms with Crippen molar-refractivity contribution in [1.82, 2.24) is 19.7 Å². The number of carbonyl (C=O) groups excluding carboxylic acids is 1. The number of benzene rings is 1. The zero-order valence-electron chi connectivity index (χ0n) is 11.0. The number of amides is 1. The fourth-order valence-corrected chi connectivity index (χ4v) is 2.27. The van der Waals surface area contributed by atoms with Gasteiger partial charge in [0.2, 0.25) is 5.91 Å². The summed E-state index contributed by atoms with van der Waals surface area (Å²) in [6, 6.07) is 7.16. The van der Waals surface area contributed by atoms with Gasteiger partial charge in [0, 0.05) is 24.5 Å². The number of hydrogen-bond acceptors (Lipinski definition) is 5. The van der Waals surface area contributed by atoms with Gasteiger partial charge in [-0.1, -0.05) is 6.07 Å². The Morgan fingerprint density at radius 3 is 3.15 bits per heavy atom. The molecule has 0 aliphatic carbocycles. The second-order valence-electron chi connectivity index (χ2n) is 4.82. The molecule has 7 heteroatoms. The molecule has 0 atom stereocenters. The van der Waals surface area contributed by atoms with Gasteiger partial charge in [-0.15, -0.1) is 10.2 Å². The summed E-state index contributed by atoms with van der Waals surface area (Å²) in [5.74, 6) is 0.844. The molecule has 2 aromatic rings. The Bertz CT molecular complexity index is 623. The highest BCUT2D eigenvalue weighted by Gasteiger charge is 2.19. The van der Waals surface area contributed by atoms with E-state index in [1.165, 1.54) is 0 Å². The first-order valence-corrected chi connectivity index (χ1v) is 6.45. The number of fused-ring (bicyclic) bond motifs is 1. The van der Waals surface area contributed by atoms with Crippen molar-refractivity contribution in [3.05, 3.63) is 36.4 Å². The maximum absolute atomic E-state index is 12.0. The lowest BCUT2D eigenvalue weighted by molar-refractivity contribution is -0.117. The van der Waals surface area contributed by atoms with E-state index in [-0.39, 0.29) is 5.91 Å². The lowest BCUT2D eigenvalue weighted by Gasteiger charge is -2.26. The van der Waals surface area contributed by atoms with Crippen molar-refractivity contribution in [2.24, 2.45) is 0 Å². The SMILES string of the molecule is Nc1cccc(NC(=O)CN2CCn3cnnc3C2)c1. The number of nitrogens with two attached hydrogens (primary N) is 1. The quantitative estimate of drug-likeness (QED) is 0.785. The monoisotopic (exact) mass is 272 g/mol. The molecular formula is C13H16N6O. The van der Waals surface area contributed by atoms with Gasteiger partial charge in [-0.25, -0.2) is 0 Å². The van der Waals surface area contributed by atoms with Gasteiger partial charge in [0.1, 0.15) is 12.2 Å². The predicted molar refractivity (Wildman–Crippen MR) is 74.8 cm³/mol. The summed E-state index contributed by atoms with van der Waals surface area (Å²) in [7, 11) is 0.